The number of azo groups is 1. The van der Waals surface area contributed by atoms with Crippen LogP contribution in [0.4, 0.5) is 28.7 Å². The quantitative estimate of drug-likeness (QED) is 0.313. The number of anilines is 3. The second-order valence-electron chi connectivity index (χ2n) is 7.91. The molecule has 0 unspecified atom stereocenters. The van der Waals surface area contributed by atoms with Gasteiger partial charge in [-0.1, -0.05) is 42.5 Å². The Kier molecular flexibility index (Phi) is 5.03. The highest BCUT2D eigenvalue weighted by Gasteiger charge is 2.10. The summed E-state index contributed by atoms with van der Waals surface area (Å²) in [5.74, 6) is 0.570. The molecule has 0 amide bonds. The van der Waals surface area contributed by atoms with Gasteiger partial charge in [-0.25, -0.2) is 4.98 Å². The molecule has 5 rings (SSSR count). The second-order valence-corrected chi connectivity index (χ2v) is 7.91. The first-order valence-corrected chi connectivity index (χ1v) is 10.5. The van der Waals surface area contributed by atoms with Crippen LogP contribution in [0, 0.1) is 0 Å². The molecule has 0 aliphatic carbocycles. The topological polar surface area (TPSA) is 57.8 Å². The minimum Gasteiger partial charge on any atom is -0.378 e. The van der Waals surface area contributed by atoms with Gasteiger partial charge in [0.05, 0.1) is 16.7 Å². The molecule has 0 atom stereocenters. The summed E-state index contributed by atoms with van der Waals surface area (Å²) in [7, 11) is 6.02. The second kappa shape index (κ2) is 8.15. The number of aromatic nitrogens is 2. The summed E-state index contributed by atoms with van der Waals surface area (Å²) in [5, 5.41) is 14.9. The Bertz CT molecular complexity index is 1430. The van der Waals surface area contributed by atoms with Crippen LogP contribution in [-0.4, -0.2) is 23.6 Å². The molecular weight excluding hydrogens is 396 g/mol. The highest BCUT2D eigenvalue weighted by Crippen LogP contribution is 2.37. The first-order chi connectivity index (χ1) is 15.6. The summed E-state index contributed by atoms with van der Waals surface area (Å²) >= 11 is 0. The van der Waals surface area contributed by atoms with Crippen LogP contribution in [0.1, 0.15) is 0 Å². The van der Waals surface area contributed by atoms with E-state index >= 15 is 0 Å². The monoisotopic (exact) mass is 420 g/mol. The van der Waals surface area contributed by atoms with E-state index in [0.29, 0.717) is 5.95 Å². The molecule has 158 valence electrons. The van der Waals surface area contributed by atoms with Gasteiger partial charge in [-0.3, -0.25) is 0 Å². The van der Waals surface area contributed by atoms with Crippen molar-refractivity contribution in [2.45, 2.75) is 0 Å². The third-order valence-electron chi connectivity index (χ3n) is 5.57. The molecule has 4 aromatic carbocycles. The highest BCUT2D eigenvalue weighted by molar-refractivity contribution is 5.99. The number of rotatable bonds is 5. The smallest absolute Gasteiger partial charge is 0.250 e. The third kappa shape index (κ3) is 3.67. The van der Waals surface area contributed by atoms with Crippen LogP contribution in [-0.2, 0) is 7.05 Å². The summed E-state index contributed by atoms with van der Waals surface area (Å²) in [6.45, 7) is 0. The molecule has 1 aromatic heterocycles. The number of fused-ring (bicyclic) bond motifs is 2. The molecule has 6 heteroatoms. The maximum Gasteiger partial charge on any atom is 0.250 e. The lowest BCUT2D eigenvalue weighted by molar-refractivity contribution is 0.922. The zero-order chi connectivity index (χ0) is 22.1. The first kappa shape index (κ1) is 19.8. The number of imidazole rings is 1. The van der Waals surface area contributed by atoms with Crippen LogP contribution in [0.2, 0.25) is 0 Å². The summed E-state index contributed by atoms with van der Waals surface area (Å²) < 4.78 is 1.96. The van der Waals surface area contributed by atoms with Gasteiger partial charge in [-0.2, -0.15) is 0 Å². The maximum atomic E-state index is 4.67. The van der Waals surface area contributed by atoms with Crippen molar-refractivity contribution < 1.29 is 0 Å². The van der Waals surface area contributed by atoms with Crippen LogP contribution in [0.3, 0.4) is 0 Å². The normalized spacial score (nSPS) is 11.5. The van der Waals surface area contributed by atoms with E-state index in [2.05, 4.69) is 67.9 Å². The number of benzene rings is 4. The van der Waals surface area contributed by atoms with Crippen LogP contribution >= 0.6 is 0 Å². The fraction of sp³-hybridized carbons (Fsp3) is 0.115. The maximum absolute atomic E-state index is 4.67. The van der Waals surface area contributed by atoms with Crippen molar-refractivity contribution in [3.63, 3.8) is 0 Å². The average Bonchev–Trinajstić information content (AvgIpc) is 3.14. The van der Waals surface area contributed by atoms with Crippen molar-refractivity contribution in [2.24, 2.45) is 17.3 Å². The van der Waals surface area contributed by atoms with Crippen molar-refractivity contribution in [2.75, 3.05) is 24.3 Å². The van der Waals surface area contributed by atoms with Crippen LogP contribution in [0.15, 0.2) is 95.2 Å². The van der Waals surface area contributed by atoms with Gasteiger partial charge in [0.25, 0.3) is 0 Å². The van der Waals surface area contributed by atoms with Crippen molar-refractivity contribution in [1.29, 1.82) is 0 Å². The Morgan fingerprint density at radius 2 is 1.56 bits per heavy atom. The Morgan fingerprint density at radius 1 is 0.812 bits per heavy atom. The molecule has 0 radical (unpaired) electrons. The number of hydrogen-bond acceptors (Lipinski definition) is 5. The molecule has 0 spiro atoms. The minimum absolute atomic E-state index is 0.570. The number of hydrogen-bond donors (Lipinski definition) is 1. The first-order valence-electron chi connectivity index (χ1n) is 10.5. The van der Waals surface area contributed by atoms with E-state index in [1.165, 1.54) is 0 Å². The summed E-state index contributed by atoms with van der Waals surface area (Å²) in [5.41, 5.74) is 5.75. The van der Waals surface area contributed by atoms with Crippen molar-refractivity contribution in [3.05, 3.63) is 84.9 Å². The average molecular weight is 421 g/mol. The molecule has 32 heavy (non-hydrogen) atoms. The molecule has 0 aliphatic heterocycles. The van der Waals surface area contributed by atoms with E-state index in [4.69, 9.17) is 0 Å². The number of aryl methyl sites for hydroxylation is 1. The Hall–Kier alpha value is -4.19. The third-order valence-corrected chi connectivity index (χ3v) is 5.57. The van der Waals surface area contributed by atoms with Gasteiger partial charge in [0.2, 0.25) is 5.95 Å². The van der Waals surface area contributed by atoms with E-state index in [-0.39, 0.29) is 0 Å². The van der Waals surface area contributed by atoms with E-state index in [0.717, 1.165) is 44.6 Å². The Balaban J connectivity index is 1.57. The lowest BCUT2D eigenvalue weighted by Gasteiger charge is -2.14. The molecule has 0 fully saturated rings. The van der Waals surface area contributed by atoms with Crippen molar-refractivity contribution in [3.8, 4) is 0 Å². The van der Waals surface area contributed by atoms with Crippen molar-refractivity contribution in [1.82, 2.24) is 9.55 Å². The van der Waals surface area contributed by atoms with Gasteiger partial charge in [0, 0.05) is 37.9 Å². The molecule has 1 N–H and O–H groups in total. The zero-order valence-corrected chi connectivity index (χ0v) is 18.3. The van der Waals surface area contributed by atoms with E-state index < -0.39 is 0 Å². The van der Waals surface area contributed by atoms with Crippen LogP contribution < -0.4 is 10.2 Å². The summed E-state index contributed by atoms with van der Waals surface area (Å²) in [6, 6.07) is 28.6. The van der Waals surface area contributed by atoms with Crippen LogP contribution in [0.25, 0.3) is 21.8 Å². The lowest BCUT2D eigenvalue weighted by Crippen LogP contribution is -2.08. The van der Waals surface area contributed by atoms with Crippen LogP contribution in [0.5, 0.6) is 0 Å². The Labute approximate surface area is 186 Å². The largest absolute Gasteiger partial charge is 0.378 e. The molecule has 1 heterocycles. The predicted octanol–water partition coefficient (Wildman–Crippen LogP) is 6.95. The number of para-hydroxylation sites is 2. The molecule has 0 saturated heterocycles. The number of nitrogens with one attached hydrogen (secondary N) is 1. The van der Waals surface area contributed by atoms with Crippen molar-refractivity contribution >= 4 is 50.5 Å². The van der Waals surface area contributed by atoms with Gasteiger partial charge in [-0.15, -0.1) is 10.2 Å². The minimum atomic E-state index is 0.570. The standard InChI is InChI=1S/C26H24N6/c1-31(2)20-15-13-19(14-16-20)27-23-17-12-18-8-4-5-9-21(18)25(23)29-30-26-28-22-10-6-7-11-24(22)32(26)3/h4-17,27H,1-3H3. The molecule has 0 aliphatic rings. The SMILES string of the molecule is CN(C)c1ccc(Nc2ccc3ccccc3c2N=Nc2nc3ccccc3n2C)cc1. The highest BCUT2D eigenvalue weighted by atomic mass is 15.3. The van der Waals surface area contributed by atoms with E-state index in [9.17, 15) is 0 Å². The van der Waals surface area contributed by atoms with E-state index in [1.807, 2.05) is 68.2 Å². The molecule has 6 nitrogen and oxygen atoms in total. The molecule has 0 bridgehead atoms. The molecule has 0 saturated carbocycles. The fourth-order valence-corrected chi connectivity index (χ4v) is 3.78. The summed E-state index contributed by atoms with van der Waals surface area (Å²) in [4.78, 5) is 6.70. The van der Waals surface area contributed by atoms with Gasteiger partial charge in [0.1, 0.15) is 5.69 Å². The van der Waals surface area contributed by atoms with Gasteiger partial charge in [0.15, 0.2) is 0 Å². The molecule has 5 aromatic rings. The predicted molar refractivity (Wildman–Crippen MR) is 133 cm³/mol. The fourth-order valence-electron chi connectivity index (χ4n) is 3.78. The zero-order valence-electron chi connectivity index (χ0n) is 18.3. The summed E-state index contributed by atoms with van der Waals surface area (Å²) in [6.07, 6.45) is 0. The lowest BCUT2D eigenvalue weighted by atomic mass is 10.1. The van der Waals surface area contributed by atoms with Gasteiger partial charge >= 0.3 is 0 Å². The van der Waals surface area contributed by atoms with Gasteiger partial charge in [-0.05, 0) is 47.9 Å². The molecular formula is C26H24N6. The van der Waals surface area contributed by atoms with Gasteiger partial charge < -0.3 is 14.8 Å². The Morgan fingerprint density at radius 3 is 2.34 bits per heavy atom. The van der Waals surface area contributed by atoms with E-state index in [1.54, 1.807) is 0 Å². The number of nitrogens with zero attached hydrogens (tertiary/aromatic N) is 5.